The lowest BCUT2D eigenvalue weighted by atomic mass is 9.88. The van der Waals surface area contributed by atoms with Crippen molar-refractivity contribution in [3.63, 3.8) is 0 Å². The SMILES string of the molecule is OCC1CCC(OCCCN2CCCC2)CC1. The second kappa shape index (κ2) is 7.34. The molecule has 1 aliphatic carbocycles. The Morgan fingerprint density at radius 2 is 1.76 bits per heavy atom. The van der Waals surface area contributed by atoms with Gasteiger partial charge in [-0.3, -0.25) is 0 Å². The number of rotatable bonds is 6. The second-order valence-electron chi connectivity index (χ2n) is 5.60. The third-order valence-corrected chi connectivity index (χ3v) is 4.22. The molecule has 2 fully saturated rings. The van der Waals surface area contributed by atoms with E-state index in [0.717, 1.165) is 32.3 Å². The zero-order chi connectivity index (χ0) is 11.9. The smallest absolute Gasteiger partial charge is 0.0575 e. The Labute approximate surface area is 105 Å². The number of aliphatic hydroxyl groups excluding tert-OH is 1. The van der Waals surface area contributed by atoms with Crippen molar-refractivity contribution in [2.24, 2.45) is 5.92 Å². The van der Waals surface area contributed by atoms with E-state index >= 15 is 0 Å². The quantitative estimate of drug-likeness (QED) is 0.722. The highest BCUT2D eigenvalue weighted by Gasteiger charge is 2.20. The van der Waals surface area contributed by atoms with Crippen molar-refractivity contribution in [1.29, 1.82) is 0 Å². The maximum absolute atomic E-state index is 9.07. The molecule has 0 atom stereocenters. The van der Waals surface area contributed by atoms with Crippen LogP contribution in [0.3, 0.4) is 0 Å². The van der Waals surface area contributed by atoms with Crippen LogP contribution < -0.4 is 0 Å². The van der Waals surface area contributed by atoms with Crippen LogP contribution in [0.15, 0.2) is 0 Å². The van der Waals surface area contributed by atoms with E-state index in [1.54, 1.807) is 0 Å². The molecule has 0 aromatic carbocycles. The molecular weight excluding hydrogens is 214 g/mol. The summed E-state index contributed by atoms with van der Waals surface area (Å²) >= 11 is 0. The molecule has 0 aromatic rings. The summed E-state index contributed by atoms with van der Waals surface area (Å²) < 4.78 is 5.93. The van der Waals surface area contributed by atoms with Crippen molar-refractivity contribution in [1.82, 2.24) is 4.90 Å². The molecule has 0 spiro atoms. The Kier molecular flexibility index (Phi) is 5.75. The summed E-state index contributed by atoms with van der Waals surface area (Å²) in [6.07, 6.45) is 9.00. The number of nitrogens with zero attached hydrogens (tertiary/aromatic N) is 1. The number of ether oxygens (including phenoxy) is 1. The van der Waals surface area contributed by atoms with Gasteiger partial charge in [0, 0.05) is 19.8 Å². The van der Waals surface area contributed by atoms with Crippen molar-refractivity contribution in [3.8, 4) is 0 Å². The van der Waals surface area contributed by atoms with Crippen molar-refractivity contribution in [2.75, 3.05) is 32.8 Å². The fourth-order valence-electron chi connectivity index (χ4n) is 3.03. The Morgan fingerprint density at radius 1 is 1.06 bits per heavy atom. The lowest BCUT2D eigenvalue weighted by molar-refractivity contribution is 0.00812. The average molecular weight is 241 g/mol. The van der Waals surface area contributed by atoms with E-state index in [1.165, 1.54) is 38.9 Å². The van der Waals surface area contributed by atoms with Gasteiger partial charge in [0.1, 0.15) is 0 Å². The largest absolute Gasteiger partial charge is 0.396 e. The van der Waals surface area contributed by atoms with E-state index in [1.807, 2.05) is 0 Å². The van der Waals surface area contributed by atoms with Gasteiger partial charge >= 0.3 is 0 Å². The van der Waals surface area contributed by atoms with E-state index in [-0.39, 0.29) is 0 Å². The maximum Gasteiger partial charge on any atom is 0.0575 e. The highest BCUT2D eigenvalue weighted by atomic mass is 16.5. The highest BCUT2D eigenvalue weighted by molar-refractivity contribution is 4.72. The molecule has 17 heavy (non-hydrogen) atoms. The van der Waals surface area contributed by atoms with E-state index in [0.29, 0.717) is 18.6 Å². The van der Waals surface area contributed by atoms with Crippen LogP contribution in [0.1, 0.15) is 44.9 Å². The topological polar surface area (TPSA) is 32.7 Å². The predicted molar refractivity (Wildman–Crippen MR) is 69.1 cm³/mol. The molecule has 0 radical (unpaired) electrons. The third-order valence-electron chi connectivity index (χ3n) is 4.22. The summed E-state index contributed by atoms with van der Waals surface area (Å²) in [7, 11) is 0. The fourth-order valence-corrected chi connectivity index (χ4v) is 3.03. The second-order valence-corrected chi connectivity index (χ2v) is 5.60. The number of aliphatic hydroxyl groups is 1. The van der Waals surface area contributed by atoms with Crippen LogP contribution in [0.4, 0.5) is 0 Å². The molecule has 1 N–H and O–H groups in total. The van der Waals surface area contributed by atoms with Crippen molar-refractivity contribution in [3.05, 3.63) is 0 Å². The minimum Gasteiger partial charge on any atom is -0.396 e. The van der Waals surface area contributed by atoms with Gasteiger partial charge in [-0.15, -0.1) is 0 Å². The summed E-state index contributed by atoms with van der Waals surface area (Å²) in [5.74, 6) is 0.541. The average Bonchev–Trinajstić information content (AvgIpc) is 2.88. The molecule has 1 saturated heterocycles. The van der Waals surface area contributed by atoms with Gasteiger partial charge in [-0.1, -0.05) is 0 Å². The lowest BCUT2D eigenvalue weighted by Crippen LogP contribution is -2.25. The Bertz CT molecular complexity index is 196. The molecule has 3 nitrogen and oxygen atoms in total. The summed E-state index contributed by atoms with van der Waals surface area (Å²) in [6, 6.07) is 0. The fraction of sp³-hybridized carbons (Fsp3) is 1.00. The molecule has 2 aliphatic rings. The van der Waals surface area contributed by atoms with Crippen LogP contribution >= 0.6 is 0 Å². The summed E-state index contributed by atoms with van der Waals surface area (Å²) in [6.45, 7) is 5.09. The molecule has 2 rings (SSSR count). The van der Waals surface area contributed by atoms with Gasteiger partial charge in [0.05, 0.1) is 6.10 Å². The van der Waals surface area contributed by atoms with Crippen LogP contribution in [0.5, 0.6) is 0 Å². The first-order chi connectivity index (χ1) is 8.38. The molecule has 0 bridgehead atoms. The van der Waals surface area contributed by atoms with Crippen LogP contribution in [0.25, 0.3) is 0 Å². The Morgan fingerprint density at radius 3 is 2.41 bits per heavy atom. The maximum atomic E-state index is 9.07. The monoisotopic (exact) mass is 241 g/mol. The van der Waals surface area contributed by atoms with E-state index in [9.17, 15) is 0 Å². The first kappa shape index (κ1) is 13.3. The number of hydrogen-bond donors (Lipinski definition) is 1. The van der Waals surface area contributed by atoms with Gasteiger partial charge in [0.15, 0.2) is 0 Å². The van der Waals surface area contributed by atoms with Crippen molar-refractivity contribution < 1.29 is 9.84 Å². The van der Waals surface area contributed by atoms with Gasteiger partial charge in [-0.2, -0.15) is 0 Å². The summed E-state index contributed by atoms with van der Waals surface area (Å²) in [4.78, 5) is 2.55. The molecule has 0 aromatic heterocycles. The van der Waals surface area contributed by atoms with Crippen molar-refractivity contribution in [2.45, 2.75) is 51.0 Å². The minimum absolute atomic E-state index is 0.363. The molecular formula is C14H27NO2. The molecule has 100 valence electrons. The molecule has 0 amide bonds. The van der Waals surface area contributed by atoms with Gasteiger partial charge in [0.2, 0.25) is 0 Å². The molecule has 3 heteroatoms. The Hall–Kier alpha value is -0.120. The predicted octanol–water partition coefficient (Wildman–Crippen LogP) is 2.04. The van der Waals surface area contributed by atoms with Gasteiger partial charge < -0.3 is 14.7 Å². The normalized spacial score (nSPS) is 30.9. The van der Waals surface area contributed by atoms with Crippen LogP contribution in [-0.4, -0.2) is 49.0 Å². The van der Waals surface area contributed by atoms with E-state index in [4.69, 9.17) is 9.84 Å². The first-order valence-electron chi connectivity index (χ1n) is 7.33. The van der Waals surface area contributed by atoms with Gasteiger partial charge in [-0.05, 0) is 64.0 Å². The van der Waals surface area contributed by atoms with Crippen LogP contribution in [0.2, 0.25) is 0 Å². The van der Waals surface area contributed by atoms with Gasteiger partial charge in [0.25, 0.3) is 0 Å². The number of likely N-dealkylation sites (tertiary alicyclic amines) is 1. The number of hydrogen-bond acceptors (Lipinski definition) is 3. The highest BCUT2D eigenvalue weighted by Crippen LogP contribution is 2.25. The molecule has 1 aliphatic heterocycles. The standard InChI is InChI=1S/C14H27NO2/c16-12-13-4-6-14(7-5-13)17-11-3-10-15-8-1-2-9-15/h13-14,16H,1-12H2. The van der Waals surface area contributed by atoms with E-state index < -0.39 is 0 Å². The lowest BCUT2D eigenvalue weighted by Gasteiger charge is -2.27. The molecule has 0 unspecified atom stereocenters. The zero-order valence-electron chi connectivity index (χ0n) is 10.9. The van der Waals surface area contributed by atoms with Crippen molar-refractivity contribution >= 4 is 0 Å². The van der Waals surface area contributed by atoms with Gasteiger partial charge in [-0.25, -0.2) is 0 Å². The van der Waals surface area contributed by atoms with Crippen LogP contribution in [0, 0.1) is 5.92 Å². The minimum atomic E-state index is 0.363. The summed E-state index contributed by atoms with van der Waals surface area (Å²) in [5, 5.41) is 9.07. The van der Waals surface area contributed by atoms with E-state index in [2.05, 4.69) is 4.90 Å². The third kappa shape index (κ3) is 4.57. The van der Waals surface area contributed by atoms with Crippen LogP contribution in [-0.2, 0) is 4.74 Å². The Balaban J connectivity index is 1.48. The zero-order valence-corrected chi connectivity index (χ0v) is 10.9. The summed E-state index contributed by atoms with van der Waals surface area (Å²) in [5.41, 5.74) is 0. The molecule has 1 heterocycles. The molecule has 1 saturated carbocycles. The first-order valence-corrected chi connectivity index (χ1v) is 7.33.